The van der Waals surface area contributed by atoms with Gasteiger partial charge in [0.1, 0.15) is 0 Å². The van der Waals surface area contributed by atoms with Gasteiger partial charge in [0.25, 0.3) is 0 Å². The molecule has 0 saturated carbocycles. The summed E-state index contributed by atoms with van der Waals surface area (Å²) in [6.07, 6.45) is 2.35. The lowest BCUT2D eigenvalue weighted by molar-refractivity contribution is 0.607. The fraction of sp³-hybridized carbons (Fsp3) is 0.308. The first-order valence-corrected chi connectivity index (χ1v) is 6.38. The van der Waals surface area contributed by atoms with E-state index >= 15 is 0 Å². The van der Waals surface area contributed by atoms with Gasteiger partial charge in [-0.25, -0.2) is 0 Å². The van der Waals surface area contributed by atoms with E-state index in [1.54, 1.807) is 11.5 Å². The fourth-order valence-electron chi connectivity index (χ4n) is 2.18. The van der Waals surface area contributed by atoms with E-state index in [1.165, 1.54) is 21.4 Å². The predicted octanol–water partition coefficient (Wildman–Crippen LogP) is 2.92. The van der Waals surface area contributed by atoms with E-state index in [9.17, 15) is 0 Å². The van der Waals surface area contributed by atoms with Gasteiger partial charge >= 0.3 is 0 Å². The summed E-state index contributed by atoms with van der Waals surface area (Å²) in [5.41, 5.74) is 2.51. The second kappa shape index (κ2) is 4.00. The van der Waals surface area contributed by atoms with Crippen molar-refractivity contribution < 1.29 is 0 Å². The van der Waals surface area contributed by atoms with Gasteiger partial charge in [-0.2, -0.15) is 4.37 Å². The lowest BCUT2D eigenvalue weighted by Crippen LogP contribution is -2.27. The van der Waals surface area contributed by atoms with Crippen molar-refractivity contribution >= 4 is 27.2 Å². The van der Waals surface area contributed by atoms with Crippen LogP contribution in [0.2, 0.25) is 0 Å². The van der Waals surface area contributed by atoms with Gasteiger partial charge < -0.3 is 5.32 Å². The SMILES string of the molecule is C[C@@H]1C=C(c2nsc3ccccc23)CNC1. The van der Waals surface area contributed by atoms with Gasteiger partial charge in [0, 0.05) is 18.5 Å². The molecule has 2 heterocycles. The zero-order valence-electron chi connectivity index (χ0n) is 9.23. The highest BCUT2D eigenvalue weighted by molar-refractivity contribution is 7.13. The molecule has 16 heavy (non-hydrogen) atoms. The number of nitrogens with zero attached hydrogens (tertiary/aromatic N) is 1. The normalized spacial score (nSPS) is 21.1. The van der Waals surface area contributed by atoms with Crippen LogP contribution in [-0.4, -0.2) is 17.5 Å². The summed E-state index contributed by atoms with van der Waals surface area (Å²) in [5.74, 6) is 0.601. The maximum atomic E-state index is 4.59. The number of fused-ring (bicyclic) bond motifs is 1. The molecule has 1 aromatic heterocycles. The van der Waals surface area contributed by atoms with Crippen LogP contribution in [0.25, 0.3) is 15.7 Å². The highest BCUT2D eigenvalue weighted by atomic mass is 32.1. The quantitative estimate of drug-likeness (QED) is 0.814. The highest BCUT2D eigenvalue weighted by Crippen LogP contribution is 2.28. The third-order valence-electron chi connectivity index (χ3n) is 2.95. The molecule has 2 aromatic rings. The molecule has 0 fully saturated rings. The Bertz CT molecular complexity index is 542. The molecule has 3 rings (SSSR count). The Kier molecular flexibility index (Phi) is 2.50. The molecule has 0 unspecified atom stereocenters. The van der Waals surface area contributed by atoms with Crippen molar-refractivity contribution in [3.8, 4) is 0 Å². The minimum absolute atomic E-state index is 0.601. The average molecular weight is 230 g/mol. The molecule has 0 spiro atoms. The summed E-state index contributed by atoms with van der Waals surface area (Å²) in [5, 5.41) is 4.72. The number of aromatic nitrogens is 1. The molecular formula is C13H14N2S. The summed E-state index contributed by atoms with van der Waals surface area (Å²) in [6.45, 7) is 4.25. The Morgan fingerprint density at radius 3 is 3.12 bits per heavy atom. The molecule has 0 saturated heterocycles. The Morgan fingerprint density at radius 2 is 2.25 bits per heavy atom. The van der Waals surface area contributed by atoms with Gasteiger partial charge in [0.15, 0.2) is 0 Å². The zero-order chi connectivity index (χ0) is 11.0. The van der Waals surface area contributed by atoms with Crippen LogP contribution in [0.3, 0.4) is 0 Å². The second-order valence-corrected chi connectivity index (χ2v) is 5.13. The summed E-state index contributed by atoms with van der Waals surface area (Å²) in [7, 11) is 0. The van der Waals surface area contributed by atoms with Crippen molar-refractivity contribution in [3.63, 3.8) is 0 Å². The van der Waals surface area contributed by atoms with E-state index in [0.29, 0.717) is 5.92 Å². The van der Waals surface area contributed by atoms with Crippen LogP contribution in [0.5, 0.6) is 0 Å². The molecule has 0 radical (unpaired) electrons. The van der Waals surface area contributed by atoms with Crippen molar-refractivity contribution in [1.82, 2.24) is 9.69 Å². The average Bonchev–Trinajstić information content (AvgIpc) is 2.72. The molecule has 1 aliphatic heterocycles. The zero-order valence-corrected chi connectivity index (χ0v) is 10.1. The summed E-state index contributed by atoms with van der Waals surface area (Å²) >= 11 is 1.59. The third kappa shape index (κ3) is 1.66. The Balaban J connectivity index is 2.12. The van der Waals surface area contributed by atoms with Crippen molar-refractivity contribution in [3.05, 3.63) is 36.0 Å². The summed E-state index contributed by atoms with van der Waals surface area (Å²) in [4.78, 5) is 0. The third-order valence-corrected chi connectivity index (χ3v) is 3.78. The van der Waals surface area contributed by atoms with E-state index in [-0.39, 0.29) is 0 Å². The van der Waals surface area contributed by atoms with Crippen molar-refractivity contribution in [2.75, 3.05) is 13.1 Å². The van der Waals surface area contributed by atoms with Crippen LogP contribution in [0, 0.1) is 5.92 Å². The number of benzene rings is 1. The highest BCUT2D eigenvalue weighted by Gasteiger charge is 2.15. The molecule has 82 valence electrons. The van der Waals surface area contributed by atoms with Crippen LogP contribution in [0.15, 0.2) is 30.3 Å². The Hall–Kier alpha value is -1.19. The lowest BCUT2D eigenvalue weighted by Gasteiger charge is -2.18. The second-order valence-electron chi connectivity index (χ2n) is 4.33. The Labute approximate surface area is 99.2 Å². The molecule has 0 bridgehead atoms. The largest absolute Gasteiger partial charge is 0.312 e. The summed E-state index contributed by atoms with van der Waals surface area (Å²) < 4.78 is 5.86. The Morgan fingerprint density at radius 1 is 1.38 bits per heavy atom. The van der Waals surface area contributed by atoms with E-state index in [1.807, 2.05) is 0 Å². The molecule has 1 atom stereocenters. The van der Waals surface area contributed by atoms with Crippen molar-refractivity contribution in [2.45, 2.75) is 6.92 Å². The van der Waals surface area contributed by atoms with E-state index in [2.05, 4.69) is 47.0 Å². The fourth-order valence-corrected chi connectivity index (χ4v) is 2.98. The first kappa shape index (κ1) is 10.00. The van der Waals surface area contributed by atoms with Gasteiger partial charge in [0.2, 0.25) is 0 Å². The first-order chi connectivity index (χ1) is 7.84. The molecule has 2 nitrogen and oxygen atoms in total. The molecule has 1 N–H and O–H groups in total. The van der Waals surface area contributed by atoms with Crippen LogP contribution in [0.4, 0.5) is 0 Å². The number of nitrogens with one attached hydrogen (secondary N) is 1. The molecule has 0 amide bonds. The summed E-state index contributed by atoms with van der Waals surface area (Å²) in [6, 6.07) is 8.45. The van der Waals surface area contributed by atoms with E-state index in [4.69, 9.17) is 0 Å². The molecule has 3 heteroatoms. The number of hydrogen-bond donors (Lipinski definition) is 1. The van der Waals surface area contributed by atoms with Crippen LogP contribution < -0.4 is 5.32 Å². The van der Waals surface area contributed by atoms with Gasteiger partial charge in [0.05, 0.1) is 10.4 Å². The maximum absolute atomic E-state index is 4.59. The minimum Gasteiger partial charge on any atom is -0.312 e. The topological polar surface area (TPSA) is 24.9 Å². The van der Waals surface area contributed by atoms with Crippen molar-refractivity contribution in [2.24, 2.45) is 5.92 Å². The predicted molar refractivity (Wildman–Crippen MR) is 69.6 cm³/mol. The number of rotatable bonds is 1. The number of hydrogen-bond acceptors (Lipinski definition) is 3. The lowest BCUT2D eigenvalue weighted by atomic mass is 9.99. The van der Waals surface area contributed by atoms with Gasteiger partial charge in [-0.05, 0) is 29.1 Å². The van der Waals surface area contributed by atoms with Crippen molar-refractivity contribution in [1.29, 1.82) is 0 Å². The van der Waals surface area contributed by atoms with E-state index in [0.717, 1.165) is 13.1 Å². The monoisotopic (exact) mass is 230 g/mol. The van der Waals surface area contributed by atoms with Crippen LogP contribution in [0.1, 0.15) is 12.6 Å². The maximum Gasteiger partial charge on any atom is 0.0888 e. The molecule has 1 aliphatic rings. The molecule has 1 aromatic carbocycles. The molecule has 0 aliphatic carbocycles. The smallest absolute Gasteiger partial charge is 0.0888 e. The van der Waals surface area contributed by atoms with Gasteiger partial charge in [-0.1, -0.05) is 31.2 Å². The molecular weight excluding hydrogens is 216 g/mol. The van der Waals surface area contributed by atoms with Crippen LogP contribution in [-0.2, 0) is 0 Å². The van der Waals surface area contributed by atoms with E-state index < -0.39 is 0 Å². The standard InChI is InChI=1S/C13H14N2S/c1-9-6-10(8-14-7-9)13-11-4-2-3-5-12(11)16-15-13/h2-6,9,14H,7-8H2,1H3/t9-/m1/s1. The minimum atomic E-state index is 0.601. The van der Waals surface area contributed by atoms with Gasteiger partial charge in [-0.3, -0.25) is 0 Å². The first-order valence-electron chi connectivity index (χ1n) is 5.61. The van der Waals surface area contributed by atoms with Crippen LogP contribution >= 0.6 is 11.5 Å². The van der Waals surface area contributed by atoms with Gasteiger partial charge in [-0.15, -0.1) is 0 Å².